The van der Waals surface area contributed by atoms with E-state index in [1.165, 1.54) is 11.5 Å². The zero-order chi connectivity index (χ0) is 6.10. The third kappa shape index (κ3) is 2.21. The molecule has 0 aliphatic carbocycles. The highest BCUT2D eigenvalue weighted by atomic mass is 79.9. The topological polar surface area (TPSA) is 25.8 Å². The van der Waals surface area contributed by atoms with Crippen LogP contribution in [0, 0.1) is 0 Å². The Labute approximate surface area is 89.3 Å². The van der Waals surface area contributed by atoms with E-state index >= 15 is 0 Å². The summed E-state index contributed by atoms with van der Waals surface area (Å²) in [5, 5.41) is 3.89. The van der Waals surface area contributed by atoms with Crippen molar-refractivity contribution in [3.05, 3.63) is 24.3 Å². The summed E-state index contributed by atoms with van der Waals surface area (Å²) in [6, 6.07) is 7.92. The smallest absolute Gasteiger partial charge is 0.105 e. The van der Waals surface area contributed by atoms with Crippen LogP contribution in [0.3, 0.4) is 0 Å². The van der Waals surface area contributed by atoms with Crippen LogP contribution in [0.25, 0.3) is 10.2 Å². The van der Waals surface area contributed by atoms with E-state index in [4.69, 9.17) is 0 Å². The average molecular weight is 298 g/mol. The summed E-state index contributed by atoms with van der Waals surface area (Å²) in [5.41, 5.74) is 0.988. The minimum absolute atomic E-state index is 0. The number of halogens is 2. The van der Waals surface area contributed by atoms with E-state index in [-0.39, 0.29) is 34.0 Å². The molecule has 0 aliphatic rings. The number of rotatable bonds is 0. The van der Waals surface area contributed by atoms with Crippen molar-refractivity contribution in [3.63, 3.8) is 0 Å². The molecule has 0 saturated carbocycles. The van der Waals surface area contributed by atoms with Gasteiger partial charge in [-0.1, -0.05) is 16.6 Å². The molecule has 0 N–H and O–H groups in total. The predicted molar refractivity (Wildman–Crippen MR) is 58.1 cm³/mol. The lowest BCUT2D eigenvalue weighted by molar-refractivity contribution is 1.20. The third-order valence-corrected chi connectivity index (χ3v) is 1.86. The summed E-state index contributed by atoms with van der Waals surface area (Å²) in [5.74, 6) is 0. The Bertz CT molecular complexity index is 293. The first-order chi connectivity index (χ1) is 4.47. The Morgan fingerprint density at radius 3 is 2.55 bits per heavy atom. The molecular weight excluding hydrogens is 292 g/mol. The Balaban J connectivity index is 0.000000500. The van der Waals surface area contributed by atoms with Gasteiger partial charge in [-0.25, -0.2) is 0 Å². The summed E-state index contributed by atoms with van der Waals surface area (Å²) >= 11 is 1.43. The van der Waals surface area contributed by atoms with Crippen LogP contribution >= 0.6 is 45.5 Å². The number of benzene rings is 1. The molecule has 1 aromatic carbocycles. The van der Waals surface area contributed by atoms with Gasteiger partial charge in [0.2, 0.25) is 0 Å². The Kier molecular flexibility index (Phi) is 4.79. The predicted octanol–water partition coefficient (Wildman–Crippen LogP) is 2.85. The highest BCUT2D eigenvalue weighted by Gasteiger charge is 1.91. The minimum atomic E-state index is 0. The van der Waals surface area contributed by atoms with Gasteiger partial charge in [-0.05, 0) is 23.7 Å². The first-order valence-electron chi connectivity index (χ1n) is 2.64. The lowest BCUT2D eigenvalue weighted by Gasteiger charge is -1.78. The molecule has 2 rings (SSSR count). The molecule has 0 unspecified atom stereocenters. The molecule has 0 amide bonds. The van der Waals surface area contributed by atoms with E-state index < -0.39 is 0 Å². The van der Waals surface area contributed by atoms with Crippen molar-refractivity contribution in [3.8, 4) is 0 Å². The van der Waals surface area contributed by atoms with Gasteiger partial charge in [0.15, 0.2) is 0 Å². The number of nitrogens with zero attached hydrogens (tertiary/aromatic N) is 2. The molecule has 2 aromatic rings. The van der Waals surface area contributed by atoms with Gasteiger partial charge in [-0.2, -0.15) is 0 Å². The summed E-state index contributed by atoms with van der Waals surface area (Å²) in [4.78, 5) is 0. The normalized spacial score (nSPS) is 8.36. The Hall–Kier alpha value is -0.000000000000000111. The van der Waals surface area contributed by atoms with E-state index in [0.717, 1.165) is 10.2 Å². The van der Waals surface area contributed by atoms with Crippen LogP contribution < -0.4 is 0 Å². The van der Waals surface area contributed by atoms with Crippen LogP contribution in [0.4, 0.5) is 0 Å². The zero-order valence-electron chi connectivity index (χ0n) is 5.43. The van der Waals surface area contributed by atoms with E-state index in [1.54, 1.807) is 0 Å². The van der Waals surface area contributed by atoms with Gasteiger partial charge in [-0.3, -0.25) is 0 Å². The Morgan fingerprint density at radius 2 is 1.82 bits per heavy atom. The average Bonchev–Trinajstić information content (AvgIpc) is 2.33. The maximum absolute atomic E-state index is 3.89. The molecule has 0 fully saturated rings. The van der Waals surface area contributed by atoms with Crippen LogP contribution in [-0.2, 0) is 0 Å². The fraction of sp³-hybridized carbons (Fsp3) is 0. The van der Waals surface area contributed by atoms with Crippen molar-refractivity contribution in [1.82, 2.24) is 9.59 Å². The van der Waals surface area contributed by atoms with Crippen LogP contribution in [0.15, 0.2) is 24.3 Å². The largest absolute Gasteiger partial charge is 0.138 e. The second-order valence-corrected chi connectivity index (χ2v) is 2.53. The molecule has 0 spiro atoms. The van der Waals surface area contributed by atoms with Crippen molar-refractivity contribution >= 4 is 55.7 Å². The van der Waals surface area contributed by atoms with Crippen LogP contribution in [0.2, 0.25) is 0 Å². The van der Waals surface area contributed by atoms with Gasteiger partial charge in [0.05, 0.1) is 4.70 Å². The van der Waals surface area contributed by atoms with Crippen molar-refractivity contribution < 1.29 is 0 Å². The third-order valence-electron chi connectivity index (χ3n) is 1.15. The highest BCUT2D eigenvalue weighted by molar-refractivity contribution is 8.93. The van der Waals surface area contributed by atoms with Gasteiger partial charge in [0, 0.05) is 0 Å². The maximum Gasteiger partial charge on any atom is 0.105 e. The van der Waals surface area contributed by atoms with Gasteiger partial charge < -0.3 is 0 Å². The molecule has 2 nitrogen and oxygen atoms in total. The van der Waals surface area contributed by atoms with Crippen molar-refractivity contribution in [2.45, 2.75) is 0 Å². The van der Waals surface area contributed by atoms with Gasteiger partial charge in [0.1, 0.15) is 5.52 Å². The Morgan fingerprint density at radius 1 is 1.09 bits per heavy atom. The lowest BCUT2D eigenvalue weighted by atomic mass is 10.3. The van der Waals surface area contributed by atoms with Gasteiger partial charge >= 0.3 is 0 Å². The molecule has 0 aliphatic heterocycles. The number of hydrogen-bond acceptors (Lipinski definition) is 3. The van der Waals surface area contributed by atoms with E-state index in [9.17, 15) is 0 Å². The number of hydrogen-bond donors (Lipinski definition) is 0. The van der Waals surface area contributed by atoms with Crippen molar-refractivity contribution in [2.75, 3.05) is 0 Å². The molecule has 5 heteroatoms. The number of aromatic nitrogens is 2. The SMILES string of the molecule is Br.Br.c1ccc2snnc2c1. The molecule has 60 valence electrons. The minimum Gasteiger partial charge on any atom is -0.138 e. The summed E-state index contributed by atoms with van der Waals surface area (Å²) in [7, 11) is 0. The second kappa shape index (κ2) is 4.79. The molecule has 0 atom stereocenters. The molecule has 11 heavy (non-hydrogen) atoms. The molecule has 1 aromatic heterocycles. The summed E-state index contributed by atoms with van der Waals surface area (Å²) in [6.45, 7) is 0. The van der Waals surface area contributed by atoms with E-state index in [2.05, 4.69) is 9.59 Å². The van der Waals surface area contributed by atoms with E-state index in [0.29, 0.717) is 0 Å². The first kappa shape index (κ1) is 11.0. The van der Waals surface area contributed by atoms with Crippen LogP contribution in [-0.4, -0.2) is 9.59 Å². The van der Waals surface area contributed by atoms with Gasteiger partial charge in [-0.15, -0.1) is 39.1 Å². The highest BCUT2D eigenvalue weighted by Crippen LogP contribution is 2.12. The maximum atomic E-state index is 3.89. The number of fused-ring (bicyclic) bond motifs is 1. The molecular formula is C6H6Br2N2S. The standard InChI is InChI=1S/C6H4N2S.2BrH/c1-2-4-6-5(3-1)7-8-9-6;;/h1-4H;2*1H. The zero-order valence-corrected chi connectivity index (χ0v) is 9.67. The molecule has 1 heterocycles. The van der Waals surface area contributed by atoms with E-state index in [1.807, 2.05) is 24.3 Å². The second-order valence-electron chi connectivity index (χ2n) is 1.74. The van der Waals surface area contributed by atoms with Gasteiger partial charge in [0.25, 0.3) is 0 Å². The fourth-order valence-corrected chi connectivity index (χ4v) is 1.28. The van der Waals surface area contributed by atoms with Crippen molar-refractivity contribution in [2.24, 2.45) is 0 Å². The monoisotopic (exact) mass is 296 g/mol. The summed E-state index contributed by atoms with van der Waals surface area (Å²) < 4.78 is 4.94. The molecule has 0 radical (unpaired) electrons. The van der Waals surface area contributed by atoms with Crippen molar-refractivity contribution in [1.29, 1.82) is 0 Å². The van der Waals surface area contributed by atoms with Crippen LogP contribution in [0.1, 0.15) is 0 Å². The quantitative estimate of drug-likeness (QED) is 0.747. The molecule has 0 bridgehead atoms. The lowest BCUT2D eigenvalue weighted by Crippen LogP contribution is -1.63. The fourth-order valence-electron chi connectivity index (χ4n) is 0.725. The summed E-state index contributed by atoms with van der Waals surface area (Å²) in [6.07, 6.45) is 0. The first-order valence-corrected chi connectivity index (χ1v) is 3.41. The molecule has 0 saturated heterocycles. The van der Waals surface area contributed by atoms with Crippen LogP contribution in [0.5, 0.6) is 0 Å².